The molecule has 1 aromatic heterocycles. The van der Waals surface area contributed by atoms with Gasteiger partial charge in [0.2, 0.25) is 5.91 Å². The van der Waals surface area contributed by atoms with Gasteiger partial charge in [0.15, 0.2) is 0 Å². The maximum atomic E-state index is 13.1. The summed E-state index contributed by atoms with van der Waals surface area (Å²) < 4.78 is 35.9. The number of carbonyl (C=O) groups is 1. The summed E-state index contributed by atoms with van der Waals surface area (Å²) in [4.78, 5) is 19.6. The second-order valence-electron chi connectivity index (χ2n) is 8.15. The van der Waals surface area contributed by atoms with Crippen LogP contribution < -0.4 is 4.74 Å². The van der Waals surface area contributed by atoms with Crippen LogP contribution in [0.5, 0.6) is 5.75 Å². The Hall–Kier alpha value is -2.06. The van der Waals surface area contributed by atoms with Crippen molar-refractivity contribution in [3.63, 3.8) is 0 Å². The van der Waals surface area contributed by atoms with Gasteiger partial charge in [0, 0.05) is 22.9 Å². The number of aromatic nitrogens is 1. The van der Waals surface area contributed by atoms with Crippen molar-refractivity contribution in [2.45, 2.75) is 38.4 Å². The molecule has 5 nitrogen and oxygen atoms in total. The van der Waals surface area contributed by atoms with Crippen LogP contribution in [0.4, 0.5) is 8.78 Å². The van der Waals surface area contributed by atoms with E-state index in [-0.39, 0.29) is 23.2 Å². The topological polar surface area (TPSA) is 51.7 Å². The van der Waals surface area contributed by atoms with Crippen LogP contribution in [-0.4, -0.2) is 42.1 Å². The molecule has 1 aromatic carbocycles. The zero-order valence-electron chi connectivity index (χ0n) is 15.9. The van der Waals surface area contributed by atoms with E-state index in [1.165, 1.54) is 23.8 Å². The zero-order valence-corrected chi connectivity index (χ0v) is 16.7. The second kappa shape index (κ2) is 7.32. The van der Waals surface area contributed by atoms with Crippen LogP contribution in [0, 0.1) is 11.3 Å². The van der Waals surface area contributed by atoms with E-state index in [2.05, 4.69) is 9.72 Å². The van der Waals surface area contributed by atoms with Crippen LogP contribution in [-0.2, 0) is 9.53 Å². The normalized spacial score (nSPS) is 28.4. The molecule has 1 saturated heterocycles. The summed E-state index contributed by atoms with van der Waals surface area (Å²) in [5.41, 5.74) is 0.973. The van der Waals surface area contributed by atoms with Crippen LogP contribution >= 0.6 is 11.3 Å². The number of morpholine rings is 1. The second-order valence-corrected chi connectivity index (χ2v) is 9.04. The van der Waals surface area contributed by atoms with E-state index in [1.54, 1.807) is 18.2 Å². The Morgan fingerprint density at radius 1 is 1.34 bits per heavy atom. The summed E-state index contributed by atoms with van der Waals surface area (Å²) in [5, 5.41) is 2.57. The summed E-state index contributed by atoms with van der Waals surface area (Å²) in [6, 6.07) is 6.62. The molecule has 4 fully saturated rings. The van der Waals surface area contributed by atoms with Gasteiger partial charge in [-0.15, -0.1) is 11.3 Å². The van der Waals surface area contributed by atoms with E-state index >= 15 is 0 Å². The Morgan fingerprint density at radius 3 is 2.93 bits per heavy atom. The predicted octanol–water partition coefficient (Wildman–Crippen LogP) is 4.50. The van der Waals surface area contributed by atoms with Gasteiger partial charge in [-0.05, 0) is 43.7 Å². The number of rotatable bonds is 5. The smallest absolute Gasteiger partial charge is 0.387 e. The molecule has 29 heavy (non-hydrogen) atoms. The summed E-state index contributed by atoms with van der Waals surface area (Å²) in [5.74, 6) is 1.11. The quantitative estimate of drug-likeness (QED) is 0.715. The average Bonchev–Trinajstić information content (AvgIpc) is 3.43. The van der Waals surface area contributed by atoms with Gasteiger partial charge in [-0.1, -0.05) is 12.1 Å². The molecule has 0 radical (unpaired) electrons. The van der Waals surface area contributed by atoms with E-state index in [0.717, 1.165) is 30.2 Å². The number of carbonyl (C=O) groups excluding carboxylic acids is 1. The van der Waals surface area contributed by atoms with Crippen molar-refractivity contribution >= 4 is 17.2 Å². The Labute approximate surface area is 171 Å². The molecule has 154 valence electrons. The minimum absolute atomic E-state index is 0.0978. The summed E-state index contributed by atoms with van der Waals surface area (Å²) in [6.07, 6.45) is 3.98. The lowest BCUT2D eigenvalue weighted by Crippen LogP contribution is -2.51. The van der Waals surface area contributed by atoms with Crippen LogP contribution in [0.3, 0.4) is 0 Å². The summed E-state index contributed by atoms with van der Waals surface area (Å²) in [7, 11) is 0. The number of fused-ring (bicyclic) bond motifs is 1. The van der Waals surface area contributed by atoms with Gasteiger partial charge in [-0.25, -0.2) is 4.98 Å². The maximum Gasteiger partial charge on any atom is 0.387 e. The third kappa shape index (κ3) is 3.42. The predicted molar refractivity (Wildman–Crippen MR) is 104 cm³/mol. The number of thiazole rings is 1. The molecule has 0 unspecified atom stereocenters. The molecule has 8 heteroatoms. The molecule has 3 saturated carbocycles. The van der Waals surface area contributed by atoms with Crippen molar-refractivity contribution in [1.82, 2.24) is 9.88 Å². The minimum Gasteiger partial charge on any atom is -0.434 e. The van der Waals surface area contributed by atoms with Crippen molar-refractivity contribution in [3.8, 4) is 17.0 Å². The Morgan fingerprint density at radius 2 is 2.17 bits per heavy atom. The number of nitrogens with zero attached hydrogens (tertiary/aromatic N) is 2. The molecule has 1 amide bonds. The molecular weight excluding hydrogens is 398 g/mol. The molecule has 6 rings (SSSR count). The summed E-state index contributed by atoms with van der Waals surface area (Å²) >= 11 is 1.42. The molecule has 3 aliphatic carbocycles. The number of para-hydroxylation sites is 1. The molecule has 0 spiro atoms. The number of hydrogen-bond donors (Lipinski definition) is 0. The maximum absolute atomic E-state index is 13.1. The highest BCUT2D eigenvalue weighted by Gasteiger charge is 2.56. The van der Waals surface area contributed by atoms with Gasteiger partial charge in [-0.2, -0.15) is 8.78 Å². The van der Waals surface area contributed by atoms with E-state index in [1.807, 2.05) is 10.3 Å². The fourth-order valence-electron chi connectivity index (χ4n) is 4.97. The van der Waals surface area contributed by atoms with Crippen molar-refractivity contribution < 1.29 is 23.0 Å². The average molecular weight is 420 g/mol. The number of halogens is 2. The zero-order chi connectivity index (χ0) is 20.0. The SMILES string of the molecule is O=C(N1CCO[C@@H](c2nc(-c3ccccc3OC(F)F)cs2)C1)C12CCC(C1)C2. The van der Waals surface area contributed by atoms with Crippen LogP contribution in [0.2, 0.25) is 0 Å². The van der Waals surface area contributed by atoms with Crippen molar-refractivity contribution in [2.24, 2.45) is 11.3 Å². The largest absolute Gasteiger partial charge is 0.434 e. The third-order valence-corrected chi connectivity index (χ3v) is 7.31. The first-order valence-corrected chi connectivity index (χ1v) is 10.8. The van der Waals surface area contributed by atoms with E-state index < -0.39 is 6.61 Å². The summed E-state index contributed by atoms with van der Waals surface area (Å²) in [6.45, 7) is -1.30. The molecule has 4 aliphatic rings. The highest BCUT2D eigenvalue weighted by Crippen LogP contribution is 2.59. The molecule has 1 aliphatic heterocycles. The molecule has 2 heterocycles. The number of alkyl halides is 2. The van der Waals surface area contributed by atoms with E-state index in [0.29, 0.717) is 31.0 Å². The van der Waals surface area contributed by atoms with Crippen LogP contribution in [0.15, 0.2) is 29.6 Å². The number of ether oxygens (including phenoxy) is 2. The van der Waals surface area contributed by atoms with Gasteiger partial charge >= 0.3 is 6.61 Å². The lowest BCUT2D eigenvalue weighted by molar-refractivity contribution is -0.154. The monoisotopic (exact) mass is 420 g/mol. The lowest BCUT2D eigenvalue weighted by Gasteiger charge is -2.43. The highest BCUT2D eigenvalue weighted by atomic mass is 32.1. The van der Waals surface area contributed by atoms with E-state index in [4.69, 9.17) is 4.74 Å². The first kappa shape index (κ1) is 18.9. The van der Waals surface area contributed by atoms with Gasteiger partial charge in [0.05, 0.1) is 18.8 Å². The van der Waals surface area contributed by atoms with Crippen molar-refractivity contribution in [1.29, 1.82) is 0 Å². The fraction of sp³-hybridized carbons (Fsp3) is 0.524. The fourth-order valence-corrected chi connectivity index (χ4v) is 5.83. The first-order valence-electron chi connectivity index (χ1n) is 9.95. The van der Waals surface area contributed by atoms with Crippen molar-refractivity contribution in [2.75, 3.05) is 19.7 Å². The van der Waals surface area contributed by atoms with Gasteiger partial charge in [0.25, 0.3) is 0 Å². The van der Waals surface area contributed by atoms with Gasteiger partial charge < -0.3 is 14.4 Å². The van der Waals surface area contributed by atoms with Gasteiger partial charge in [0.1, 0.15) is 16.9 Å². The highest BCUT2D eigenvalue weighted by molar-refractivity contribution is 7.10. The van der Waals surface area contributed by atoms with Crippen LogP contribution in [0.1, 0.15) is 36.8 Å². The van der Waals surface area contributed by atoms with Crippen LogP contribution in [0.25, 0.3) is 11.3 Å². The lowest BCUT2D eigenvalue weighted by atomic mass is 9.68. The standard InChI is InChI=1S/C21H22F2N2O3S/c22-20(23)28-16-4-2-1-3-14(16)15-12-29-18(24-15)17-11-25(7-8-27-17)19(26)21-6-5-13(9-21)10-21/h1-4,12-13,17,20H,5-11H2/t13?,17-,21?/m1/s1. The molecule has 0 N–H and O–H groups in total. The Bertz CT molecular complexity index is 907. The molecule has 2 bridgehead atoms. The molecule has 1 atom stereocenters. The number of hydrogen-bond acceptors (Lipinski definition) is 5. The molecule has 2 aromatic rings. The Balaban J connectivity index is 1.32. The first-order chi connectivity index (χ1) is 14.0. The van der Waals surface area contributed by atoms with Gasteiger partial charge in [-0.3, -0.25) is 4.79 Å². The van der Waals surface area contributed by atoms with Crippen molar-refractivity contribution in [3.05, 3.63) is 34.7 Å². The number of amides is 1. The molecular formula is C21H22F2N2O3S. The van der Waals surface area contributed by atoms with E-state index in [9.17, 15) is 13.6 Å². The number of benzene rings is 1. The third-order valence-electron chi connectivity index (χ3n) is 6.37. The minimum atomic E-state index is -2.89. The Kier molecular flexibility index (Phi) is 4.78.